The minimum atomic E-state index is 0.256. The molecular weight excluding hydrogens is 304 g/mol. The van der Waals surface area contributed by atoms with Crippen LogP contribution >= 0.6 is 0 Å². The van der Waals surface area contributed by atoms with Crippen molar-refractivity contribution in [3.05, 3.63) is 83.9 Å². The topological polar surface area (TPSA) is 9.23 Å². The summed E-state index contributed by atoms with van der Waals surface area (Å²) in [7, 11) is 0. The van der Waals surface area contributed by atoms with Crippen LogP contribution in [0.25, 0.3) is 12.2 Å². The van der Waals surface area contributed by atoms with Gasteiger partial charge in [0.25, 0.3) is 0 Å². The molecule has 0 N–H and O–H groups in total. The quantitative estimate of drug-likeness (QED) is 0.493. The summed E-state index contributed by atoms with van der Waals surface area (Å²) < 4.78 is 6.43. The van der Waals surface area contributed by atoms with Gasteiger partial charge in [0.05, 0.1) is 12.2 Å². The van der Waals surface area contributed by atoms with E-state index in [2.05, 4.69) is 75.5 Å². The van der Waals surface area contributed by atoms with E-state index < -0.39 is 0 Å². The second-order valence-corrected chi connectivity index (χ2v) is 6.50. The Balaban J connectivity index is 1.96. The van der Waals surface area contributed by atoms with E-state index in [0.717, 1.165) is 36.8 Å². The highest BCUT2D eigenvalue weighted by Gasteiger charge is 2.15. The molecule has 0 fully saturated rings. The summed E-state index contributed by atoms with van der Waals surface area (Å²) in [5.74, 6) is 0. The Morgan fingerprint density at radius 3 is 1.36 bits per heavy atom. The van der Waals surface area contributed by atoms with Gasteiger partial charge in [0, 0.05) is 0 Å². The van der Waals surface area contributed by atoms with Gasteiger partial charge in [-0.15, -0.1) is 0 Å². The number of hydrogen-bond acceptors (Lipinski definition) is 1. The summed E-state index contributed by atoms with van der Waals surface area (Å²) in [6, 6.07) is 17.2. The Labute approximate surface area is 153 Å². The predicted octanol–water partition coefficient (Wildman–Crippen LogP) is 6.33. The van der Waals surface area contributed by atoms with Crippen molar-refractivity contribution in [3.8, 4) is 0 Å². The van der Waals surface area contributed by atoms with E-state index in [4.69, 9.17) is 4.74 Å². The third kappa shape index (κ3) is 6.03. The van der Waals surface area contributed by atoms with Crippen molar-refractivity contribution in [1.29, 1.82) is 0 Å². The van der Waals surface area contributed by atoms with Crippen molar-refractivity contribution in [2.45, 2.75) is 51.7 Å². The van der Waals surface area contributed by atoms with Crippen LogP contribution in [0, 0.1) is 0 Å². The van der Waals surface area contributed by atoms with E-state index in [0.29, 0.717) is 0 Å². The number of benzene rings is 2. The molecular formula is C24H30O. The van der Waals surface area contributed by atoms with Crippen LogP contribution in [-0.4, -0.2) is 12.2 Å². The van der Waals surface area contributed by atoms with Gasteiger partial charge in [-0.2, -0.15) is 0 Å². The number of hydrogen-bond donors (Lipinski definition) is 0. The summed E-state index contributed by atoms with van der Waals surface area (Å²) in [6.07, 6.45) is 8.23. The highest BCUT2D eigenvalue weighted by Crippen LogP contribution is 2.17. The Bertz CT molecular complexity index is 592. The lowest BCUT2D eigenvalue weighted by atomic mass is 10.0. The molecule has 1 heteroatoms. The molecule has 0 aromatic heterocycles. The molecule has 0 aliphatic heterocycles. The zero-order valence-corrected chi connectivity index (χ0v) is 15.6. The summed E-state index contributed by atoms with van der Waals surface area (Å²) >= 11 is 0. The molecule has 25 heavy (non-hydrogen) atoms. The minimum Gasteiger partial charge on any atom is -0.374 e. The van der Waals surface area contributed by atoms with Crippen molar-refractivity contribution in [1.82, 2.24) is 0 Å². The largest absolute Gasteiger partial charge is 0.374 e. The zero-order chi connectivity index (χ0) is 18.1. The molecule has 2 atom stereocenters. The van der Waals surface area contributed by atoms with Crippen molar-refractivity contribution in [2.75, 3.05) is 0 Å². The molecule has 0 saturated carbocycles. The smallest absolute Gasteiger partial charge is 0.0616 e. The van der Waals surface area contributed by atoms with Gasteiger partial charge in [0.1, 0.15) is 0 Å². The standard InChI is InChI=1S/C24H30O/c1-5-19-9-13-21(14-10-19)17-23(7-3)25-24(8-4)18-22-15-11-20(6-2)12-16-22/h5-6,9-16,23-24H,1-2,7-8,17-18H2,3-4H3. The average Bonchev–Trinajstić information content (AvgIpc) is 2.67. The average molecular weight is 335 g/mol. The molecule has 2 rings (SSSR count). The molecule has 2 unspecified atom stereocenters. The van der Waals surface area contributed by atoms with E-state index in [9.17, 15) is 0 Å². The predicted molar refractivity (Wildman–Crippen MR) is 110 cm³/mol. The van der Waals surface area contributed by atoms with E-state index in [1.807, 2.05) is 12.2 Å². The van der Waals surface area contributed by atoms with Crippen molar-refractivity contribution < 1.29 is 4.74 Å². The van der Waals surface area contributed by atoms with Gasteiger partial charge in [-0.3, -0.25) is 0 Å². The molecule has 2 aromatic carbocycles. The Morgan fingerprint density at radius 2 is 1.08 bits per heavy atom. The lowest BCUT2D eigenvalue weighted by molar-refractivity contribution is -0.0147. The molecule has 0 heterocycles. The van der Waals surface area contributed by atoms with Crippen LogP contribution in [0.2, 0.25) is 0 Å². The second-order valence-electron chi connectivity index (χ2n) is 6.50. The van der Waals surface area contributed by atoms with E-state index in [1.54, 1.807) is 0 Å². The second kappa shape index (κ2) is 10.0. The molecule has 0 spiro atoms. The number of ether oxygens (including phenoxy) is 1. The van der Waals surface area contributed by atoms with E-state index in [-0.39, 0.29) is 12.2 Å². The van der Waals surface area contributed by atoms with Crippen molar-refractivity contribution in [2.24, 2.45) is 0 Å². The summed E-state index contributed by atoms with van der Waals surface area (Å²) in [6.45, 7) is 12.0. The maximum atomic E-state index is 6.43. The van der Waals surface area contributed by atoms with Gasteiger partial charge in [-0.1, -0.05) is 87.7 Å². The summed E-state index contributed by atoms with van der Waals surface area (Å²) in [5, 5.41) is 0. The van der Waals surface area contributed by atoms with Crippen LogP contribution in [-0.2, 0) is 17.6 Å². The number of rotatable bonds is 10. The first-order valence-corrected chi connectivity index (χ1v) is 9.26. The lowest BCUT2D eigenvalue weighted by Crippen LogP contribution is -2.25. The first-order valence-electron chi connectivity index (χ1n) is 9.26. The molecule has 0 aliphatic rings. The fraction of sp³-hybridized carbons (Fsp3) is 0.333. The maximum absolute atomic E-state index is 6.43. The highest BCUT2D eigenvalue weighted by molar-refractivity contribution is 5.47. The third-order valence-electron chi connectivity index (χ3n) is 4.65. The maximum Gasteiger partial charge on any atom is 0.0616 e. The first-order chi connectivity index (χ1) is 12.2. The molecule has 0 aliphatic carbocycles. The molecule has 2 aromatic rings. The SMILES string of the molecule is C=Cc1ccc(CC(CC)OC(CC)Cc2ccc(C=C)cc2)cc1. The molecule has 0 amide bonds. The van der Waals surface area contributed by atoms with Gasteiger partial charge < -0.3 is 4.74 Å². The van der Waals surface area contributed by atoms with Gasteiger partial charge in [-0.25, -0.2) is 0 Å². The fourth-order valence-electron chi connectivity index (χ4n) is 2.95. The molecule has 0 radical (unpaired) electrons. The first kappa shape index (κ1) is 19.2. The zero-order valence-electron chi connectivity index (χ0n) is 15.6. The van der Waals surface area contributed by atoms with Crippen LogP contribution in [0.5, 0.6) is 0 Å². The van der Waals surface area contributed by atoms with Gasteiger partial charge >= 0.3 is 0 Å². The van der Waals surface area contributed by atoms with Crippen molar-refractivity contribution >= 4 is 12.2 Å². The monoisotopic (exact) mass is 334 g/mol. The molecule has 1 nitrogen and oxygen atoms in total. The normalized spacial score (nSPS) is 13.2. The third-order valence-corrected chi connectivity index (χ3v) is 4.65. The Hall–Kier alpha value is -2.12. The lowest BCUT2D eigenvalue weighted by Gasteiger charge is -2.24. The Kier molecular flexibility index (Phi) is 7.69. The van der Waals surface area contributed by atoms with Crippen molar-refractivity contribution in [3.63, 3.8) is 0 Å². The summed E-state index contributed by atoms with van der Waals surface area (Å²) in [4.78, 5) is 0. The van der Waals surface area contributed by atoms with Crippen LogP contribution in [0.4, 0.5) is 0 Å². The van der Waals surface area contributed by atoms with Gasteiger partial charge in [0.15, 0.2) is 0 Å². The van der Waals surface area contributed by atoms with Crippen LogP contribution in [0.15, 0.2) is 61.7 Å². The Morgan fingerprint density at radius 1 is 0.720 bits per heavy atom. The van der Waals surface area contributed by atoms with Crippen LogP contribution < -0.4 is 0 Å². The van der Waals surface area contributed by atoms with Gasteiger partial charge in [-0.05, 0) is 47.9 Å². The van der Waals surface area contributed by atoms with E-state index >= 15 is 0 Å². The molecule has 0 saturated heterocycles. The van der Waals surface area contributed by atoms with Gasteiger partial charge in [0.2, 0.25) is 0 Å². The van der Waals surface area contributed by atoms with E-state index in [1.165, 1.54) is 11.1 Å². The van der Waals surface area contributed by atoms with Crippen LogP contribution in [0.1, 0.15) is 48.9 Å². The molecule has 0 bridgehead atoms. The minimum absolute atomic E-state index is 0.256. The molecule has 132 valence electrons. The fourth-order valence-corrected chi connectivity index (χ4v) is 2.95. The van der Waals surface area contributed by atoms with Crippen LogP contribution in [0.3, 0.4) is 0 Å². The highest BCUT2D eigenvalue weighted by atomic mass is 16.5. The summed E-state index contributed by atoms with van der Waals surface area (Å²) in [5.41, 5.74) is 4.96.